The van der Waals surface area contributed by atoms with E-state index in [2.05, 4.69) is 5.10 Å². The maximum atomic E-state index is 12.4. The van der Waals surface area contributed by atoms with Crippen molar-refractivity contribution in [2.45, 2.75) is 50.4 Å². The number of anilines is 1. The number of rotatable bonds is 4. The van der Waals surface area contributed by atoms with Crippen molar-refractivity contribution in [3.63, 3.8) is 0 Å². The summed E-state index contributed by atoms with van der Waals surface area (Å²) < 4.78 is 38.8. The van der Waals surface area contributed by atoms with Crippen LogP contribution in [-0.2, 0) is 4.79 Å². The lowest BCUT2D eigenvalue weighted by Crippen LogP contribution is -2.43. The number of halogens is 3. The number of nitro groups is 1. The summed E-state index contributed by atoms with van der Waals surface area (Å²) in [6.07, 6.45) is -0.668. The van der Waals surface area contributed by atoms with Crippen molar-refractivity contribution in [2.75, 3.05) is 18.0 Å². The van der Waals surface area contributed by atoms with Crippen molar-refractivity contribution >= 4 is 17.4 Å². The standard InChI is InChI=1S/C14H18F3N5O3/c15-14(16,17)13(23)19-9-2-1-6-20(7-5-9)12-11(22(24)25)8-18-21(12)10-3-4-10/h8-10H,1-7H2,(H,19,23). The first-order chi connectivity index (χ1) is 11.8. The summed E-state index contributed by atoms with van der Waals surface area (Å²) in [4.78, 5) is 23.7. The highest BCUT2D eigenvalue weighted by Gasteiger charge is 2.40. The molecular formula is C14H18F3N5O3. The van der Waals surface area contributed by atoms with E-state index >= 15 is 0 Å². The molecule has 2 heterocycles. The molecule has 1 aliphatic heterocycles. The zero-order valence-electron chi connectivity index (χ0n) is 13.3. The second-order valence-corrected chi connectivity index (χ2v) is 6.37. The van der Waals surface area contributed by atoms with E-state index in [0.717, 1.165) is 12.8 Å². The third-order valence-electron chi connectivity index (χ3n) is 4.46. The Hall–Kier alpha value is -2.33. The summed E-state index contributed by atoms with van der Waals surface area (Å²) in [7, 11) is 0. The molecule has 1 atom stereocenters. The van der Waals surface area contributed by atoms with Gasteiger partial charge in [-0.2, -0.15) is 18.3 Å². The first kappa shape index (κ1) is 17.5. The Morgan fingerprint density at radius 2 is 2.00 bits per heavy atom. The molecule has 138 valence electrons. The number of hydrogen-bond acceptors (Lipinski definition) is 5. The van der Waals surface area contributed by atoms with Crippen molar-refractivity contribution in [2.24, 2.45) is 0 Å². The average molecular weight is 361 g/mol. The minimum Gasteiger partial charge on any atom is -0.351 e. The van der Waals surface area contributed by atoms with E-state index in [0.29, 0.717) is 31.7 Å². The molecule has 11 heteroatoms. The second kappa shape index (κ2) is 6.52. The van der Waals surface area contributed by atoms with Gasteiger partial charge in [0.05, 0.1) is 11.0 Å². The maximum absolute atomic E-state index is 12.4. The van der Waals surface area contributed by atoms with Gasteiger partial charge in [-0.25, -0.2) is 4.68 Å². The highest BCUT2D eigenvalue weighted by molar-refractivity contribution is 5.81. The number of aromatic nitrogens is 2. The number of nitrogens with zero attached hydrogens (tertiary/aromatic N) is 4. The lowest BCUT2D eigenvalue weighted by Gasteiger charge is -2.23. The topological polar surface area (TPSA) is 93.3 Å². The highest BCUT2D eigenvalue weighted by Crippen LogP contribution is 2.41. The Morgan fingerprint density at radius 3 is 2.60 bits per heavy atom. The molecule has 2 fully saturated rings. The predicted octanol–water partition coefficient (Wildman–Crippen LogP) is 2.16. The Labute approximate surface area is 141 Å². The lowest BCUT2D eigenvalue weighted by molar-refractivity contribution is -0.384. The smallest absolute Gasteiger partial charge is 0.351 e. The highest BCUT2D eigenvalue weighted by atomic mass is 19.4. The fraction of sp³-hybridized carbons (Fsp3) is 0.714. The number of carbonyl (C=O) groups excluding carboxylic acids is 1. The number of amides is 1. The lowest BCUT2D eigenvalue weighted by atomic mass is 10.1. The maximum Gasteiger partial charge on any atom is 0.471 e. The van der Waals surface area contributed by atoms with Crippen LogP contribution < -0.4 is 10.2 Å². The second-order valence-electron chi connectivity index (χ2n) is 6.37. The van der Waals surface area contributed by atoms with Crippen molar-refractivity contribution in [1.29, 1.82) is 0 Å². The number of nitrogens with one attached hydrogen (secondary N) is 1. The van der Waals surface area contributed by atoms with Crippen LogP contribution in [0.2, 0.25) is 0 Å². The van der Waals surface area contributed by atoms with Gasteiger partial charge >= 0.3 is 17.8 Å². The molecule has 25 heavy (non-hydrogen) atoms. The van der Waals surface area contributed by atoms with Crippen LogP contribution in [0.15, 0.2) is 6.20 Å². The average Bonchev–Trinajstić information content (AvgIpc) is 3.31. The van der Waals surface area contributed by atoms with Crippen LogP contribution in [0.1, 0.15) is 38.1 Å². The van der Waals surface area contributed by atoms with E-state index in [4.69, 9.17) is 0 Å². The summed E-state index contributed by atoms with van der Waals surface area (Å²) in [5.74, 6) is -1.53. The van der Waals surface area contributed by atoms with Crippen LogP contribution in [-0.4, -0.2) is 45.9 Å². The molecule has 0 radical (unpaired) electrons. The number of hydrogen-bond donors (Lipinski definition) is 1. The molecule has 1 N–H and O–H groups in total. The van der Waals surface area contributed by atoms with Gasteiger partial charge in [-0.05, 0) is 32.1 Å². The fourth-order valence-corrected chi connectivity index (χ4v) is 3.09. The third-order valence-corrected chi connectivity index (χ3v) is 4.46. The van der Waals surface area contributed by atoms with Gasteiger partial charge < -0.3 is 10.2 Å². The van der Waals surface area contributed by atoms with Crippen LogP contribution in [0.4, 0.5) is 24.7 Å². The molecule has 1 unspecified atom stereocenters. The van der Waals surface area contributed by atoms with Gasteiger partial charge in [-0.15, -0.1) is 0 Å². The van der Waals surface area contributed by atoms with Gasteiger partial charge in [0, 0.05) is 19.1 Å². The number of alkyl halides is 3. The zero-order valence-corrected chi connectivity index (χ0v) is 13.3. The van der Waals surface area contributed by atoms with E-state index in [1.807, 2.05) is 5.32 Å². The summed E-state index contributed by atoms with van der Waals surface area (Å²) in [6, 6.07) is -0.455. The molecule has 1 amide bonds. The van der Waals surface area contributed by atoms with Gasteiger partial charge in [0.25, 0.3) is 0 Å². The predicted molar refractivity (Wildman–Crippen MR) is 81.2 cm³/mol. The van der Waals surface area contributed by atoms with Gasteiger partial charge in [0.2, 0.25) is 5.82 Å². The molecule has 1 aromatic heterocycles. The third kappa shape index (κ3) is 3.85. The van der Waals surface area contributed by atoms with Crippen LogP contribution in [0.25, 0.3) is 0 Å². The molecule has 1 aliphatic carbocycles. The number of carbonyl (C=O) groups is 1. The van der Waals surface area contributed by atoms with E-state index < -0.39 is 23.0 Å². The van der Waals surface area contributed by atoms with Crippen molar-refractivity contribution < 1.29 is 22.9 Å². The van der Waals surface area contributed by atoms with E-state index in [9.17, 15) is 28.1 Å². The SMILES string of the molecule is O=C(NC1CCCN(c2c([N+](=O)[O-])cnn2C2CC2)CC1)C(F)(F)F. The monoisotopic (exact) mass is 361 g/mol. The molecule has 3 rings (SSSR count). The zero-order chi connectivity index (χ0) is 18.2. The van der Waals surface area contributed by atoms with Crippen molar-refractivity contribution in [3.8, 4) is 0 Å². The molecular weight excluding hydrogens is 343 g/mol. The molecule has 0 spiro atoms. The molecule has 0 aromatic carbocycles. The Kier molecular flexibility index (Phi) is 4.56. The Balaban J connectivity index is 1.72. The van der Waals surface area contributed by atoms with Crippen LogP contribution in [0.3, 0.4) is 0 Å². The quantitative estimate of drug-likeness (QED) is 0.655. The van der Waals surface area contributed by atoms with Crippen molar-refractivity contribution in [3.05, 3.63) is 16.3 Å². The van der Waals surface area contributed by atoms with Gasteiger partial charge in [0.15, 0.2) is 0 Å². The van der Waals surface area contributed by atoms with Crippen molar-refractivity contribution in [1.82, 2.24) is 15.1 Å². The Morgan fingerprint density at radius 1 is 1.28 bits per heavy atom. The van der Waals surface area contributed by atoms with E-state index in [1.54, 1.807) is 9.58 Å². The minimum atomic E-state index is -4.91. The summed E-state index contributed by atoms with van der Waals surface area (Å²) in [6.45, 7) is 0.791. The molecule has 1 aromatic rings. The molecule has 1 saturated carbocycles. The minimum absolute atomic E-state index is 0.0929. The fourth-order valence-electron chi connectivity index (χ4n) is 3.09. The first-order valence-electron chi connectivity index (χ1n) is 8.12. The van der Waals surface area contributed by atoms with Crippen LogP contribution in [0, 0.1) is 10.1 Å². The largest absolute Gasteiger partial charge is 0.471 e. The Bertz CT molecular complexity index is 671. The first-order valence-corrected chi connectivity index (χ1v) is 8.12. The van der Waals surface area contributed by atoms with Crippen LogP contribution >= 0.6 is 0 Å². The molecule has 1 saturated heterocycles. The normalized spacial score (nSPS) is 21.7. The summed E-state index contributed by atoms with van der Waals surface area (Å²) >= 11 is 0. The summed E-state index contributed by atoms with van der Waals surface area (Å²) in [5.41, 5.74) is -0.0929. The molecule has 0 bridgehead atoms. The van der Waals surface area contributed by atoms with E-state index in [-0.39, 0.29) is 18.2 Å². The van der Waals surface area contributed by atoms with Gasteiger partial charge in [-0.3, -0.25) is 14.9 Å². The van der Waals surface area contributed by atoms with Crippen LogP contribution in [0.5, 0.6) is 0 Å². The molecule has 2 aliphatic rings. The summed E-state index contributed by atoms with van der Waals surface area (Å²) in [5, 5.41) is 17.4. The van der Waals surface area contributed by atoms with Gasteiger partial charge in [0.1, 0.15) is 6.20 Å². The molecule has 8 nitrogen and oxygen atoms in total. The van der Waals surface area contributed by atoms with E-state index in [1.165, 1.54) is 6.20 Å². The van der Waals surface area contributed by atoms with Gasteiger partial charge in [-0.1, -0.05) is 0 Å².